The zero-order valence-corrected chi connectivity index (χ0v) is 12.5. The van der Waals surface area contributed by atoms with Crippen LogP contribution in [0.1, 0.15) is 52.1 Å². The standard InChI is InChI=1S/C15H27N3/c1-11-10-14(17-18(11)5)16-13-8-6-12(7-9-13)15(2,3)4/h10,12-13H,6-9H2,1-5H3,(H,16,17). The number of anilines is 1. The maximum atomic E-state index is 4.48. The van der Waals surface area contributed by atoms with Crippen LogP contribution in [0.4, 0.5) is 5.82 Å². The van der Waals surface area contributed by atoms with Crippen LogP contribution in [0.5, 0.6) is 0 Å². The summed E-state index contributed by atoms with van der Waals surface area (Å²) in [5, 5.41) is 8.06. The van der Waals surface area contributed by atoms with E-state index in [2.05, 4.69) is 44.2 Å². The van der Waals surface area contributed by atoms with Crippen molar-refractivity contribution < 1.29 is 0 Å². The van der Waals surface area contributed by atoms with Gasteiger partial charge >= 0.3 is 0 Å². The minimum Gasteiger partial charge on any atom is -0.366 e. The van der Waals surface area contributed by atoms with Gasteiger partial charge in [0.25, 0.3) is 0 Å². The lowest BCUT2D eigenvalue weighted by atomic mass is 9.71. The molecule has 102 valence electrons. The fourth-order valence-corrected chi connectivity index (χ4v) is 2.94. The molecule has 0 spiro atoms. The highest BCUT2D eigenvalue weighted by Crippen LogP contribution is 2.38. The van der Waals surface area contributed by atoms with Crippen molar-refractivity contribution in [2.45, 2.75) is 59.4 Å². The first-order valence-corrected chi connectivity index (χ1v) is 7.13. The Morgan fingerprint density at radius 3 is 2.28 bits per heavy atom. The van der Waals surface area contributed by atoms with E-state index in [9.17, 15) is 0 Å². The minimum atomic E-state index is 0.465. The van der Waals surface area contributed by atoms with E-state index in [1.807, 2.05) is 11.7 Å². The molecule has 0 saturated heterocycles. The number of rotatable bonds is 2. The molecular formula is C15H27N3. The molecule has 0 radical (unpaired) electrons. The lowest BCUT2D eigenvalue weighted by Gasteiger charge is -2.37. The largest absolute Gasteiger partial charge is 0.366 e. The molecule has 0 aliphatic heterocycles. The Balaban J connectivity index is 1.87. The van der Waals surface area contributed by atoms with Crippen LogP contribution in [0.2, 0.25) is 0 Å². The Morgan fingerprint density at radius 1 is 1.22 bits per heavy atom. The van der Waals surface area contributed by atoms with Gasteiger partial charge in [0, 0.05) is 24.8 Å². The van der Waals surface area contributed by atoms with Crippen LogP contribution >= 0.6 is 0 Å². The highest BCUT2D eigenvalue weighted by Gasteiger charge is 2.29. The van der Waals surface area contributed by atoms with Gasteiger partial charge < -0.3 is 5.32 Å². The molecular weight excluding hydrogens is 222 g/mol. The Kier molecular flexibility index (Phi) is 3.69. The van der Waals surface area contributed by atoms with Crippen LogP contribution in [0.25, 0.3) is 0 Å². The van der Waals surface area contributed by atoms with Crippen LogP contribution in [0.3, 0.4) is 0 Å². The second-order valence-corrected chi connectivity index (χ2v) is 6.85. The molecule has 1 N–H and O–H groups in total. The molecule has 3 nitrogen and oxygen atoms in total. The third-order valence-corrected chi connectivity index (χ3v) is 4.42. The molecule has 0 unspecified atom stereocenters. The molecule has 0 bridgehead atoms. The first-order valence-electron chi connectivity index (χ1n) is 7.13. The summed E-state index contributed by atoms with van der Waals surface area (Å²) in [5.74, 6) is 1.91. The summed E-state index contributed by atoms with van der Waals surface area (Å²) in [7, 11) is 2.00. The lowest BCUT2D eigenvalue weighted by Crippen LogP contribution is -2.31. The van der Waals surface area contributed by atoms with Crippen molar-refractivity contribution in [3.8, 4) is 0 Å². The SMILES string of the molecule is Cc1cc(NC2CCC(C(C)(C)C)CC2)nn1C. The molecule has 0 aromatic carbocycles. The van der Waals surface area contributed by atoms with Crippen molar-refractivity contribution in [1.29, 1.82) is 0 Å². The van der Waals surface area contributed by atoms with Gasteiger partial charge in [-0.1, -0.05) is 20.8 Å². The average Bonchev–Trinajstić information content (AvgIpc) is 2.57. The molecule has 1 saturated carbocycles. The first kappa shape index (κ1) is 13.4. The van der Waals surface area contributed by atoms with E-state index in [1.54, 1.807) is 0 Å². The van der Waals surface area contributed by atoms with Crippen molar-refractivity contribution in [1.82, 2.24) is 9.78 Å². The Hall–Kier alpha value is -0.990. The van der Waals surface area contributed by atoms with Gasteiger partial charge in [0.1, 0.15) is 5.82 Å². The predicted molar refractivity (Wildman–Crippen MR) is 76.8 cm³/mol. The molecule has 2 rings (SSSR count). The summed E-state index contributed by atoms with van der Waals surface area (Å²) >= 11 is 0. The van der Waals surface area contributed by atoms with Crippen molar-refractivity contribution in [2.75, 3.05) is 5.32 Å². The van der Waals surface area contributed by atoms with Crippen molar-refractivity contribution in [3.63, 3.8) is 0 Å². The smallest absolute Gasteiger partial charge is 0.148 e. The molecule has 1 heterocycles. The van der Waals surface area contributed by atoms with E-state index in [0.29, 0.717) is 11.5 Å². The molecule has 1 aromatic heterocycles. The first-order chi connectivity index (χ1) is 8.36. The molecule has 18 heavy (non-hydrogen) atoms. The van der Waals surface area contributed by atoms with Gasteiger partial charge in [0.05, 0.1) is 0 Å². The zero-order chi connectivity index (χ0) is 13.3. The summed E-state index contributed by atoms with van der Waals surface area (Å²) < 4.78 is 1.93. The number of aryl methyl sites for hydroxylation is 2. The quantitative estimate of drug-likeness (QED) is 0.865. The highest BCUT2D eigenvalue weighted by molar-refractivity contribution is 5.36. The third kappa shape index (κ3) is 3.06. The van der Waals surface area contributed by atoms with Crippen molar-refractivity contribution in [2.24, 2.45) is 18.4 Å². The van der Waals surface area contributed by atoms with Gasteiger partial charge in [-0.3, -0.25) is 4.68 Å². The van der Waals surface area contributed by atoms with Crippen LogP contribution in [-0.2, 0) is 7.05 Å². The molecule has 0 amide bonds. The second kappa shape index (κ2) is 4.94. The number of aromatic nitrogens is 2. The number of hydrogen-bond acceptors (Lipinski definition) is 2. The highest BCUT2D eigenvalue weighted by atomic mass is 15.3. The van der Waals surface area contributed by atoms with Gasteiger partial charge in [-0.25, -0.2) is 0 Å². The normalized spacial score (nSPS) is 25.2. The van der Waals surface area contributed by atoms with Crippen LogP contribution in [-0.4, -0.2) is 15.8 Å². The lowest BCUT2D eigenvalue weighted by molar-refractivity contribution is 0.173. The van der Waals surface area contributed by atoms with Gasteiger partial charge in [0.2, 0.25) is 0 Å². The van der Waals surface area contributed by atoms with E-state index in [0.717, 1.165) is 11.7 Å². The summed E-state index contributed by atoms with van der Waals surface area (Å²) in [6.07, 6.45) is 5.23. The molecule has 1 aliphatic rings. The molecule has 1 aliphatic carbocycles. The average molecular weight is 249 g/mol. The third-order valence-electron chi connectivity index (χ3n) is 4.42. The van der Waals surface area contributed by atoms with E-state index in [4.69, 9.17) is 0 Å². The second-order valence-electron chi connectivity index (χ2n) is 6.85. The number of nitrogens with one attached hydrogen (secondary N) is 1. The van der Waals surface area contributed by atoms with Crippen molar-refractivity contribution in [3.05, 3.63) is 11.8 Å². The van der Waals surface area contributed by atoms with Crippen LogP contribution < -0.4 is 5.32 Å². The Bertz CT molecular complexity index is 373. The summed E-state index contributed by atoms with van der Waals surface area (Å²) in [5.41, 5.74) is 1.67. The van der Waals surface area contributed by atoms with Gasteiger partial charge in [-0.15, -0.1) is 0 Å². The summed E-state index contributed by atoms with van der Waals surface area (Å²) in [6, 6.07) is 2.74. The van der Waals surface area contributed by atoms with Crippen molar-refractivity contribution >= 4 is 5.82 Å². The van der Waals surface area contributed by atoms with E-state index in [1.165, 1.54) is 31.4 Å². The molecule has 1 aromatic rings. The Morgan fingerprint density at radius 2 is 1.83 bits per heavy atom. The maximum Gasteiger partial charge on any atom is 0.148 e. The fraction of sp³-hybridized carbons (Fsp3) is 0.800. The van der Waals surface area contributed by atoms with Gasteiger partial charge in [-0.05, 0) is 43.9 Å². The predicted octanol–water partition coefficient (Wildman–Crippen LogP) is 3.75. The Labute approximate surface area is 111 Å². The summed E-state index contributed by atoms with van der Waals surface area (Å²) in [6.45, 7) is 9.20. The molecule has 3 heteroatoms. The molecule has 0 atom stereocenters. The van der Waals surface area contributed by atoms with E-state index >= 15 is 0 Å². The van der Waals surface area contributed by atoms with E-state index < -0.39 is 0 Å². The van der Waals surface area contributed by atoms with E-state index in [-0.39, 0.29) is 0 Å². The topological polar surface area (TPSA) is 29.9 Å². The fourth-order valence-electron chi connectivity index (χ4n) is 2.94. The maximum absolute atomic E-state index is 4.48. The minimum absolute atomic E-state index is 0.465. The monoisotopic (exact) mass is 249 g/mol. The van der Waals surface area contributed by atoms with Gasteiger partial charge in [0.15, 0.2) is 0 Å². The molecule has 1 fully saturated rings. The number of nitrogens with zero attached hydrogens (tertiary/aromatic N) is 2. The number of hydrogen-bond donors (Lipinski definition) is 1. The zero-order valence-electron chi connectivity index (χ0n) is 12.5. The van der Waals surface area contributed by atoms with Gasteiger partial charge in [-0.2, -0.15) is 5.10 Å². The summed E-state index contributed by atoms with van der Waals surface area (Å²) in [4.78, 5) is 0. The van der Waals surface area contributed by atoms with Crippen LogP contribution in [0.15, 0.2) is 6.07 Å². The van der Waals surface area contributed by atoms with Crippen LogP contribution in [0, 0.1) is 18.3 Å².